The summed E-state index contributed by atoms with van der Waals surface area (Å²) >= 11 is 0. The second kappa shape index (κ2) is 12.8. The fourth-order valence-electron chi connectivity index (χ4n) is 7.99. The molecule has 3 heterocycles. The number of carbonyl (C=O) groups excluding carboxylic acids is 1. The standard InChI is InChI=1S/C34H41F4N3O4/c1-45-25-9-6-21(7-10-25)27-17-40(24-4-2-3-5-24)19-29(27)32(42)41-18-28(30(35)20-41)26-11-8-23(34(36,37)38)16-31(26)39-14-12-22(13-15-39)33(43)44/h6-11,16,22,24,27-30H,2-5,12-15,17-20H2,1H3,(H,43,44)/t27-,28+,29+,30?/m0/s1. The van der Waals surface area contributed by atoms with Gasteiger partial charge in [0.25, 0.3) is 0 Å². The van der Waals surface area contributed by atoms with E-state index in [1.807, 2.05) is 24.3 Å². The van der Waals surface area contributed by atoms with E-state index in [-0.39, 0.29) is 49.6 Å². The molecule has 1 saturated carbocycles. The first-order valence-electron chi connectivity index (χ1n) is 16.0. The molecule has 0 spiro atoms. The van der Waals surface area contributed by atoms with Crippen LogP contribution in [0.2, 0.25) is 0 Å². The monoisotopic (exact) mass is 631 g/mol. The van der Waals surface area contributed by atoms with Crippen LogP contribution in [0.1, 0.15) is 67.1 Å². The van der Waals surface area contributed by atoms with Crippen molar-refractivity contribution in [2.75, 3.05) is 51.3 Å². The van der Waals surface area contributed by atoms with Gasteiger partial charge < -0.3 is 19.6 Å². The molecule has 1 unspecified atom stereocenters. The molecule has 2 aromatic rings. The summed E-state index contributed by atoms with van der Waals surface area (Å²) in [5.41, 5.74) is 0.922. The van der Waals surface area contributed by atoms with Gasteiger partial charge in [-0.3, -0.25) is 14.5 Å². The van der Waals surface area contributed by atoms with Gasteiger partial charge in [0.2, 0.25) is 5.91 Å². The predicted molar refractivity (Wildman–Crippen MR) is 161 cm³/mol. The first kappa shape index (κ1) is 31.6. The minimum absolute atomic E-state index is 0.0571. The fraction of sp³-hybridized carbons (Fsp3) is 0.588. The van der Waals surface area contributed by atoms with Crippen LogP contribution in [0.4, 0.5) is 23.2 Å². The third-order valence-corrected chi connectivity index (χ3v) is 10.6. The lowest BCUT2D eigenvalue weighted by Gasteiger charge is -2.35. The summed E-state index contributed by atoms with van der Waals surface area (Å²) in [7, 11) is 1.61. The molecule has 0 radical (unpaired) electrons. The zero-order valence-corrected chi connectivity index (χ0v) is 25.5. The molecular formula is C34H41F4N3O4. The van der Waals surface area contributed by atoms with Gasteiger partial charge in [-0.25, -0.2) is 4.39 Å². The van der Waals surface area contributed by atoms with E-state index in [1.54, 1.807) is 16.9 Å². The van der Waals surface area contributed by atoms with Crippen LogP contribution in [0.5, 0.6) is 5.75 Å². The van der Waals surface area contributed by atoms with E-state index in [0.717, 1.165) is 42.8 Å². The average Bonchev–Trinajstić information content (AvgIpc) is 3.80. The molecule has 0 bridgehead atoms. The number of halogens is 4. The van der Waals surface area contributed by atoms with E-state index >= 15 is 4.39 Å². The number of carbonyl (C=O) groups is 2. The number of ether oxygens (including phenoxy) is 1. The van der Waals surface area contributed by atoms with Crippen LogP contribution in [0.25, 0.3) is 0 Å². The topological polar surface area (TPSA) is 73.3 Å². The molecule has 3 saturated heterocycles. The van der Waals surface area contributed by atoms with Crippen molar-refractivity contribution in [2.24, 2.45) is 11.8 Å². The molecule has 4 atom stereocenters. The van der Waals surface area contributed by atoms with E-state index in [9.17, 15) is 27.9 Å². The van der Waals surface area contributed by atoms with Crippen LogP contribution in [0, 0.1) is 11.8 Å². The van der Waals surface area contributed by atoms with Gasteiger partial charge in [0.05, 0.1) is 31.1 Å². The average molecular weight is 632 g/mol. The highest BCUT2D eigenvalue weighted by Crippen LogP contribution is 2.43. The maximum atomic E-state index is 15.9. The van der Waals surface area contributed by atoms with Crippen molar-refractivity contribution in [2.45, 2.75) is 68.8 Å². The zero-order chi connectivity index (χ0) is 31.9. The highest BCUT2D eigenvalue weighted by Gasteiger charge is 2.46. The second-order valence-corrected chi connectivity index (χ2v) is 13.1. The molecule has 11 heteroatoms. The van der Waals surface area contributed by atoms with E-state index in [4.69, 9.17) is 4.74 Å². The van der Waals surface area contributed by atoms with Crippen LogP contribution in [-0.2, 0) is 15.8 Å². The van der Waals surface area contributed by atoms with E-state index < -0.39 is 35.7 Å². The zero-order valence-electron chi connectivity index (χ0n) is 25.5. The van der Waals surface area contributed by atoms with Crippen LogP contribution in [0.15, 0.2) is 42.5 Å². The van der Waals surface area contributed by atoms with Gasteiger partial charge in [-0.2, -0.15) is 13.2 Å². The Morgan fingerprint density at radius 2 is 1.58 bits per heavy atom. The van der Waals surface area contributed by atoms with E-state index in [2.05, 4.69) is 4.90 Å². The van der Waals surface area contributed by atoms with Crippen molar-refractivity contribution in [3.63, 3.8) is 0 Å². The van der Waals surface area contributed by atoms with Crippen molar-refractivity contribution in [3.05, 3.63) is 59.2 Å². The molecular weight excluding hydrogens is 590 g/mol. The Morgan fingerprint density at radius 1 is 0.889 bits per heavy atom. The van der Waals surface area contributed by atoms with Crippen molar-refractivity contribution in [1.29, 1.82) is 0 Å². The van der Waals surface area contributed by atoms with Gasteiger partial charge >= 0.3 is 12.1 Å². The van der Waals surface area contributed by atoms with Crippen molar-refractivity contribution in [1.82, 2.24) is 9.80 Å². The fourth-order valence-corrected chi connectivity index (χ4v) is 7.99. The maximum Gasteiger partial charge on any atom is 0.416 e. The second-order valence-electron chi connectivity index (χ2n) is 13.1. The first-order chi connectivity index (χ1) is 21.5. The number of piperidine rings is 1. The highest BCUT2D eigenvalue weighted by atomic mass is 19.4. The minimum atomic E-state index is -4.58. The van der Waals surface area contributed by atoms with Gasteiger partial charge in [0, 0.05) is 56.3 Å². The molecule has 2 aromatic carbocycles. The Morgan fingerprint density at radius 3 is 2.20 bits per heavy atom. The maximum absolute atomic E-state index is 15.9. The number of aliphatic carboxylic acids is 1. The molecule has 7 nitrogen and oxygen atoms in total. The molecule has 3 aliphatic heterocycles. The van der Waals surface area contributed by atoms with Crippen LogP contribution < -0.4 is 9.64 Å². The number of benzene rings is 2. The Kier molecular flexibility index (Phi) is 9.00. The van der Waals surface area contributed by atoms with Gasteiger partial charge in [0.15, 0.2) is 0 Å². The third kappa shape index (κ3) is 6.50. The number of amides is 1. The molecule has 1 N–H and O–H groups in total. The number of carboxylic acids is 1. The van der Waals surface area contributed by atoms with E-state index in [1.165, 1.54) is 18.9 Å². The predicted octanol–water partition coefficient (Wildman–Crippen LogP) is 5.94. The molecule has 1 amide bonds. The molecule has 4 fully saturated rings. The summed E-state index contributed by atoms with van der Waals surface area (Å²) in [6, 6.07) is 11.6. The normalized spacial score (nSPS) is 27.0. The Balaban J connectivity index is 1.25. The summed E-state index contributed by atoms with van der Waals surface area (Å²) in [5, 5.41) is 9.41. The summed E-state index contributed by atoms with van der Waals surface area (Å²) in [5.74, 6) is -2.05. The van der Waals surface area contributed by atoms with Gasteiger partial charge in [-0.1, -0.05) is 31.0 Å². The lowest BCUT2D eigenvalue weighted by Crippen LogP contribution is -2.39. The smallest absolute Gasteiger partial charge is 0.416 e. The number of methoxy groups -OCH3 is 1. The van der Waals surface area contributed by atoms with Crippen LogP contribution in [0.3, 0.4) is 0 Å². The number of anilines is 1. The molecule has 6 rings (SSSR count). The van der Waals surface area contributed by atoms with Gasteiger partial charge in [-0.05, 0) is 61.1 Å². The number of rotatable bonds is 7. The van der Waals surface area contributed by atoms with Crippen LogP contribution >= 0.6 is 0 Å². The number of carboxylic acid groups (broad SMARTS) is 1. The van der Waals surface area contributed by atoms with Crippen molar-refractivity contribution in [3.8, 4) is 5.75 Å². The summed E-state index contributed by atoms with van der Waals surface area (Å²) < 4.78 is 62.5. The molecule has 45 heavy (non-hydrogen) atoms. The number of alkyl halides is 4. The Hall–Kier alpha value is -3.34. The number of hydrogen-bond acceptors (Lipinski definition) is 5. The largest absolute Gasteiger partial charge is 0.497 e. The molecule has 4 aliphatic rings. The summed E-state index contributed by atoms with van der Waals surface area (Å²) in [4.78, 5) is 31.4. The number of likely N-dealkylation sites (tertiary alicyclic amines) is 2. The first-order valence-corrected chi connectivity index (χ1v) is 16.0. The van der Waals surface area contributed by atoms with Crippen molar-refractivity contribution >= 4 is 17.6 Å². The molecule has 244 valence electrons. The lowest BCUT2D eigenvalue weighted by atomic mass is 9.88. The van der Waals surface area contributed by atoms with Crippen LogP contribution in [-0.4, -0.2) is 85.4 Å². The Labute approximate surface area is 261 Å². The third-order valence-electron chi connectivity index (χ3n) is 10.6. The Bertz CT molecular complexity index is 1370. The summed E-state index contributed by atoms with van der Waals surface area (Å²) in [6.45, 7) is 1.85. The number of hydrogen-bond donors (Lipinski definition) is 1. The lowest BCUT2D eigenvalue weighted by molar-refractivity contribution is -0.142. The number of nitrogens with zero attached hydrogens (tertiary/aromatic N) is 3. The quantitative estimate of drug-likeness (QED) is 0.382. The highest BCUT2D eigenvalue weighted by molar-refractivity contribution is 5.81. The summed E-state index contributed by atoms with van der Waals surface area (Å²) in [6.07, 6.45) is -0.862. The van der Waals surface area contributed by atoms with Crippen molar-refractivity contribution < 1.29 is 37.0 Å². The van der Waals surface area contributed by atoms with Gasteiger partial charge in [-0.15, -0.1) is 0 Å². The van der Waals surface area contributed by atoms with Gasteiger partial charge in [0.1, 0.15) is 11.9 Å². The van der Waals surface area contributed by atoms with E-state index in [0.29, 0.717) is 31.0 Å². The SMILES string of the molecule is COc1ccc([C@@H]2CN(C3CCCC3)C[C@H]2C(=O)N2CC(F)[C@@H](c3ccc(C(F)(F)F)cc3N3CCC(C(=O)O)CC3)C2)cc1. The minimum Gasteiger partial charge on any atom is -0.497 e. The molecule has 0 aromatic heterocycles. The molecule has 1 aliphatic carbocycles.